The summed E-state index contributed by atoms with van der Waals surface area (Å²) in [5.74, 6) is -1.18. The van der Waals surface area contributed by atoms with Crippen molar-refractivity contribution in [2.45, 2.75) is 4.90 Å². The van der Waals surface area contributed by atoms with Crippen molar-refractivity contribution < 1.29 is 17.9 Å². The first-order valence-corrected chi connectivity index (χ1v) is 8.59. The molecule has 2 aromatic carbocycles. The first kappa shape index (κ1) is 15.2. The van der Waals surface area contributed by atoms with Gasteiger partial charge in [-0.25, -0.2) is 12.8 Å². The molecule has 0 radical (unpaired) electrons. The van der Waals surface area contributed by atoms with Gasteiger partial charge in [-0.3, -0.25) is 4.98 Å². The molecule has 1 heterocycles. The van der Waals surface area contributed by atoms with Crippen LogP contribution in [0.25, 0.3) is 10.9 Å². The molecule has 0 bridgehead atoms. The van der Waals surface area contributed by atoms with E-state index in [1.165, 1.54) is 24.4 Å². The predicted molar refractivity (Wildman–Crippen MR) is 86.2 cm³/mol. The number of hydrogen-bond acceptors (Lipinski definition) is 5. The van der Waals surface area contributed by atoms with Crippen LogP contribution in [0.5, 0.6) is 5.75 Å². The number of hydrogen-bond donors (Lipinski definition) is 2. The summed E-state index contributed by atoms with van der Waals surface area (Å²) in [5.41, 5.74) is 1.36. The summed E-state index contributed by atoms with van der Waals surface area (Å²) in [4.78, 5) is 4.28. The minimum atomic E-state index is -3.41. The van der Waals surface area contributed by atoms with Crippen LogP contribution < -0.4 is 5.32 Å². The molecule has 0 aliphatic rings. The van der Waals surface area contributed by atoms with Crippen molar-refractivity contribution >= 4 is 32.1 Å². The molecule has 7 heteroatoms. The predicted octanol–water partition coefficient (Wildman–Crippen LogP) is 3.23. The summed E-state index contributed by atoms with van der Waals surface area (Å²) in [6.45, 7) is 0. The fraction of sp³-hybridized carbons (Fsp3) is 0.0625. The summed E-state index contributed by atoms with van der Waals surface area (Å²) >= 11 is 0. The average molecular weight is 332 g/mol. The normalized spacial score (nSPS) is 11.6. The monoisotopic (exact) mass is 332 g/mol. The maximum atomic E-state index is 13.4. The number of nitrogens with one attached hydrogen (secondary N) is 1. The Labute approximate surface area is 132 Å². The van der Waals surface area contributed by atoms with Gasteiger partial charge in [-0.1, -0.05) is 12.1 Å². The molecule has 23 heavy (non-hydrogen) atoms. The number of phenolic OH excluding ortho intramolecular Hbond substituents is 1. The van der Waals surface area contributed by atoms with E-state index in [9.17, 15) is 17.9 Å². The molecule has 0 aliphatic carbocycles. The molecule has 0 saturated carbocycles. The third-order valence-corrected chi connectivity index (χ3v) is 4.49. The van der Waals surface area contributed by atoms with E-state index >= 15 is 0 Å². The molecule has 118 valence electrons. The first-order valence-electron chi connectivity index (χ1n) is 6.69. The smallest absolute Gasteiger partial charge is 0.177 e. The number of halogens is 1. The molecule has 0 aliphatic heterocycles. The second kappa shape index (κ2) is 5.51. The molecular weight excluding hydrogens is 319 g/mol. The third-order valence-electron chi connectivity index (χ3n) is 3.36. The van der Waals surface area contributed by atoms with E-state index < -0.39 is 21.4 Å². The molecule has 0 atom stereocenters. The van der Waals surface area contributed by atoms with E-state index in [-0.39, 0.29) is 4.90 Å². The van der Waals surface area contributed by atoms with Gasteiger partial charge in [0.05, 0.1) is 10.4 Å². The maximum absolute atomic E-state index is 13.4. The van der Waals surface area contributed by atoms with Crippen LogP contribution in [0.1, 0.15) is 0 Å². The number of sulfone groups is 1. The third kappa shape index (κ3) is 2.95. The van der Waals surface area contributed by atoms with Crippen LogP contribution in [0.2, 0.25) is 0 Å². The first-order chi connectivity index (χ1) is 10.9. The number of nitrogens with zero attached hydrogens (tertiary/aromatic N) is 1. The van der Waals surface area contributed by atoms with Crippen LogP contribution in [0.3, 0.4) is 0 Å². The van der Waals surface area contributed by atoms with Crippen molar-refractivity contribution in [3.63, 3.8) is 0 Å². The van der Waals surface area contributed by atoms with Crippen molar-refractivity contribution in [3.8, 4) is 5.75 Å². The summed E-state index contributed by atoms with van der Waals surface area (Å²) < 4.78 is 37.2. The SMILES string of the molecule is CS(=O)(=O)c1cccc2c(Nc3ccc(O)c(F)c3)ccnc12. The number of aromatic nitrogens is 1. The highest BCUT2D eigenvalue weighted by molar-refractivity contribution is 7.91. The van der Waals surface area contributed by atoms with Crippen LogP contribution in [-0.4, -0.2) is 24.8 Å². The zero-order valence-corrected chi connectivity index (χ0v) is 12.9. The molecule has 1 aromatic heterocycles. The number of para-hydroxylation sites is 1. The molecular formula is C16H13FN2O3S. The Kier molecular flexibility index (Phi) is 3.65. The number of anilines is 2. The lowest BCUT2D eigenvalue weighted by Crippen LogP contribution is -2.00. The number of rotatable bonds is 3. The van der Waals surface area contributed by atoms with Crippen molar-refractivity contribution in [1.29, 1.82) is 0 Å². The lowest BCUT2D eigenvalue weighted by Gasteiger charge is -2.11. The van der Waals surface area contributed by atoms with E-state index in [1.54, 1.807) is 18.2 Å². The zero-order valence-electron chi connectivity index (χ0n) is 12.1. The van der Waals surface area contributed by atoms with Crippen LogP contribution in [0.4, 0.5) is 15.8 Å². The van der Waals surface area contributed by atoms with E-state index in [1.807, 2.05) is 0 Å². The Balaban J connectivity index is 2.13. The fourth-order valence-corrected chi connectivity index (χ4v) is 3.14. The lowest BCUT2D eigenvalue weighted by molar-refractivity contribution is 0.432. The van der Waals surface area contributed by atoms with Crippen LogP contribution in [0, 0.1) is 5.82 Å². The van der Waals surface area contributed by atoms with Gasteiger partial charge in [-0.05, 0) is 24.3 Å². The highest BCUT2D eigenvalue weighted by Crippen LogP contribution is 2.30. The van der Waals surface area contributed by atoms with Crippen LogP contribution in [0.15, 0.2) is 53.6 Å². The second-order valence-corrected chi connectivity index (χ2v) is 7.06. The van der Waals surface area contributed by atoms with E-state index in [2.05, 4.69) is 10.3 Å². The summed E-state index contributed by atoms with van der Waals surface area (Å²) in [6.07, 6.45) is 2.61. The quantitative estimate of drug-likeness (QED) is 0.720. The number of pyridine rings is 1. The standard InChI is InChI=1S/C16H13FN2O3S/c1-23(21,22)15-4-2-3-11-13(7-8-18-16(11)15)19-10-5-6-14(20)12(17)9-10/h2-9,20H,1H3,(H,18,19). The fourth-order valence-electron chi connectivity index (χ4n) is 2.30. The lowest BCUT2D eigenvalue weighted by atomic mass is 10.1. The van der Waals surface area contributed by atoms with Crippen molar-refractivity contribution in [1.82, 2.24) is 4.98 Å². The Morgan fingerprint density at radius 1 is 1.17 bits per heavy atom. The molecule has 0 saturated heterocycles. The Morgan fingerprint density at radius 3 is 2.65 bits per heavy atom. The van der Waals surface area contributed by atoms with E-state index in [4.69, 9.17) is 0 Å². The minimum absolute atomic E-state index is 0.135. The van der Waals surface area contributed by atoms with Gasteiger partial charge in [0.25, 0.3) is 0 Å². The van der Waals surface area contributed by atoms with Gasteiger partial charge >= 0.3 is 0 Å². The average Bonchev–Trinajstić information content (AvgIpc) is 2.50. The topological polar surface area (TPSA) is 79.3 Å². The van der Waals surface area contributed by atoms with Crippen molar-refractivity contribution in [3.05, 3.63) is 54.5 Å². The number of benzene rings is 2. The number of phenols is 1. The summed E-state index contributed by atoms with van der Waals surface area (Å²) in [7, 11) is -3.41. The zero-order chi connectivity index (χ0) is 16.6. The molecule has 3 rings (SSSR count). The largest absolute Gasteiger partial charge is 0.505 e. The molecule has 2 N–H and O–H groups in total. The maximum Gasteiger partial charge on any atom is 0.177 e. The molecule has 0 amide bonds. The highest BCUT2D eigenvalue weighted by Gasteiger charge is 2.14. The van der Waals surface area contributed by atoms with Crippen molar-refractivity contribution in [2.24, 2.45) is 0 Å². The van der Waals surface area contributed by atoms with Gasteiger partial charge in [-0.2, -0.15) is 0 Å². The molecule has 5 nitrogen and oxygen atoms in total. The molecule has 3 aromatic rings. The molecule has 0 unspecified atom stereocenters. The van der Waals surface area contributed by atoms with Crippen LogP contribution in [-0.2, 0) is 9.84 Å². The van der Waals surface area contributed by atoms with Gasteiger partial charge in [-0.15, -0.1) is 0 Å². The molecule has 0 spiro atoms. The Bertz CT molecular complexity index is 1000. The van der Waals surface area contributed by atoms with Gasteiger partial charge in [0.15, 0.2) is 21.4 Å². The van der Waals surface area contributed by atoms with Gasteiger partial charge < -0.3 is 10.4 Å². The van der Waals surface area contributed by atoms with E-state index in [0.717, 1.165) is 12.3 Å². The summed E-state index contributed by atoms with van der Waals surface area (Å²) in [6, 6.07) is 10.4. The van der Waals surface area contributed by atoms with Crippen LogP contribution >= 0.6 is 0 Å². The molecule has 0 fully saturated rings. The highest BCUT2D eigenvalue weighted by atomic mass is 32.2. The second-order valence-electron chi connectivity index (χ2n) is 5.07. The minimum Gasteiger partial charge on any atom is -0.505 e. The van der Waals surface area contributed by atoms with Gasteiger partial charge in [0, 0.05) is 35.3 Å². The van der Waals surface area contributed by atoms with E-state index in [0.29, 0.717) is 22.3 Å². The summed E-state index contributed by atoms with van der Waals surface area (Å²) in [5, 5.41) is 12.8. The number of fused-ring (bicyclic) bond motifs is 1. The Hall–Kier alpha value is -2.67. The van der Waals surface area contributed by atoms with Crippen molar-refractivity contribution in [2.75, 3.05) is 11.6 Å². The Morgan fingerprint density at radius 2 is 1.96 bits per heavy atom. The number of aromatic hydroxyl groups is 1. The van der Waals surface area contributed by atoms with Gasteiger partial charge in [0.1, 0.15) is 0 Å². The van der Waals surface area contributed by atoms with Gasteiger partial charge in [0.2, 0.25) is 0 Å².